The Hall–Kier alpha value is -1.74. The molecule has 22 heavy (non-hydrogen) atoms. The van der Waals surface area contributed by atoms with Gasteiger partial charge in [-0.3, -0.25) is 4.79 Å². The van der Waals surface area contributed by atoms with Crippen LogP contribution in [0.25, 0.3) is 0 Å². The fourth-order valence-corrected chi connectivity index (χ4v) is 2.96. The number of hydrogen-bond acceptors (Lipinski definition) is 2. The molecule has 0 heterocycles. The van der Waals surface area contributed by atoms with Crippen molar-refractivity contribution in [3.05, 3.63) is 59.7 Å². The van der Waals surface area contributed by atoms with Gasteiger partial charge in [0.25, 0.3) is 5.91 Å². The van der Waals surface area contributed by atoms with E-state index in [-0.39, 0.29) is 10.7 Å². The van der Waals surface area contributed by atoms with Crippen molar-refractivity contribution >= 4 is 23.4 Å². The van der Waals surface area contributed by atoms with Crippen LogP contribution in [-0.4, -0.2) is 10.7 Å². The van der Waals surface area contributed by atoms with E-state index in [1.54, 1.807) is 0 Å². The summed E-state index contributed by atoms with van der Waals surface area (Å²) in [4.78, 5) is 13.4. The van der Waals surface area contributed by atoms with Crippen molar-refractivity contribution in [1.29, 1.82) is 0 Å². The van der Waals surface area contributed by atoms with Gasteiger partial charge in [0, 0.05) is 20.9 Å². The Bertz CT molecular complexity index is 629. The highest BCUT2D eigenvalue weighted by Crippen LogP contribution is 2.35. The monoisotopic (exact) mass is 313 g/mol. The number of anilines is 1. The summed E-state index contributed by atoms with van der Waals surface area (Å²) in [5.41, 5.74) is 2.65. The Morgan fingerprint density at radius 1 is 1.05 bits per heavy atom. The van der Waals surface area contributed by atoms with Crippen LogP contribution in [0.1, 0.15) is 43.1 Å². The third kappa shape index (κ3) is 4.63. The van der Waals surface area contributed by atoms with E-state index in [2.05, 4.69) is 38.2 Å². The molecule has 1 N–H and O–H groups in total. The number of hydrogen-bond donors (Lipinski definition) is 1. The molecule has 0 spiro atoms. The number of thioether (sulfide) groups is 1. The molecule has 0 saturated carbocycles. The van der Waals surface area contributed by atoms with E-state index in [0.717, 1.165) is 17.7 Å². The molecule has 0 aromatic heterocycles. The van der Waals surface area contributed by atoms with E-state index in [1.165, 1.54) is 4.90 Å². The second-order valence-electron chi connectivity index (χ2n) is 6.06. The first kappa shape index (κ1) is 16.6. The highest BCUT2D eigenvalue weighted by molar-refractivity contribution is 8.00. The van der Waals surface area contributed by atoms with Crippen molar-refractivity contribution < 1.29 is 4.79 Å². The summed E-state index contributed by atoms with van der Waals surface area (Å²) in [5.74, 6) is -0.0747. The minimum absolute atomic E-state index is 0.0747. The summed E-state index contributed by atoms with van der Waals surface area (Å²) < 4.78 is 0.229. The first-order chi connectivity index (χ1) is 10.4. The van der Waals surface area contributed by atoms with Crippen LogP contribution in [0.2, 0.25) is 0 Å². The van der Waals surface area contributed by atoms with Crippen LogP contribution in [0, 0.1) is 6.92 Å². The quantitative estimate of drug-likeness (QED) is 0.735. The third-order valence-corrected chi connectivity index (χ3v) is 5.02. The van der Waals surface area contributed by atoms with E-state index in [1.807, 2.05) is 55.1 Å². The molecule has 2 aromatic rings. The maximum Gasteiger partial charge on any atom is 0.255 e. The molecule has 0 aliphatic carbocycles. The van der Waals surface area contributed by atoms with Crippen molar-refractivity contribution in [2.75, 3.05) is 5.32 Å². The van der Waals surface area contributed by atoms with Crippen LogP contribution >= 0.6 is 11.8 Å². The Morgan fingerprint density at radius 2 is 1.64 bits per heavy atom. The Kier molecular flexibility index (Phi) is 5.30. The Labute approximate surface area is 137 Å². The van der Waals surface area contributed by atoms with Gasteiger partial charge in [0.15, 0.2) is 0 Å². The fraction of sp³-hybridized carbons (Fsp3) is 0.316. The molecule has 1 amide bonds. The number of carbonyl (C=O) groups is 1. The summed E-state index contributed by atoms with van der Waals surface area (Å²) in [6.45, 7) is 8.69. The first-order valence-electron chi connectivity index (χ1n) is 7.57. The van der Waals surface area contributed by atoms with E-state index in [4.69, 9.17) is 0 Å². The molecule has 0 atom stereocenters. The van der Waals surface area contributed by atoms with Crippen LogP contribution in [0.4, 0.5) is 5.69 Å². The minimum Gasteiger partial charge on any atom is -0.322 e. The summed E-state index contributed by atoms with van der Waals surface area (Å²) in [6, 6.07) is 15.6. The molecule has 2 nitrogen and oxygen atoms in total. The topological polar surface area (TPSA) is 29.1 Å². The summed E-state index contributed by atoms with van der Waals surface area (Å²) in [5, 5.41) is 2.93. The van der Waals surface area contributed by atoms with Crippen molar-refractivity contribution in [2.45, 2.75) is 43.8 Å². The molecule has 0 bridgehead atoms. The van der Waals surface area contributed by atoms with E-state index < -0.39 is 0 Å². The predicted octanol–water partition coefficient (Wildman–Crippen LogP) is 5.53. The van der Waals surface area contributed by atoms with Gasteiger partial charge < -0.3 is 5.32 Å². The van der Waals surface area contributed by atoms with Crippen LogP contribution in [0.3, 0.4) is 0 Å². The standard InChI is InChI=1S/C19H23NOS/c1-5-19(3,4)22-17-12-10-16(11-13-17)20-18(21)15-8-6-14(2)7-9-15/h6-13H,5H2,1-4H3,(H,20,21). The van der Waals surface area contributed by atoms with Gasteiger partial charge >= 0.3 is 0 Å². The molecular formula is C19H23NOS. The minimum atomic E-state index is -0.0747. The molecule has 0 radical (unpaired) electrons. The molecular weight excluding hydrogens is 290 g/mol. The number of nitrogens with one attached hydrogen (secondary N) is 1. The second kappa shape index (κ2) is 7.01. The van der Waals surface area contributed by atoms with Gasteiger partial charge in [0.1, 0.15) is 0 Å². The molecule has 0 fully saturated rings. The van der Waals surface area contributed by atoms with Crippen LogP contribution < -0.4 is 5.32 Å². The molecule has 0 aliphatic heterocycles. The Morgan fingerprint density at radius 3 is 2.18 bits per heavy atom. The van der Waals surface area contributed by atoms with Gasteiger partial charge in [0.05, 0.1) is 0 Å². The van der Waals surface area contributed by atoms with Gasteiger partial charge in [-0.15, -0.1) is 11.8 Å². The molecule has 2 aromatic carbocycles. The summed E-state index contributed by atoms with van der Waals surface area (Å²) >= 11 is 1.86. The van der Waals surface area contributed by atoms with E-state index in [9.17, 15) is 4.79 Å². The van der Waals surface area contributed by atoms with Crippen molar-refractivity contribution in [2.24, 2.45) is 0 Å². The number of rotatable bonds is 5. The Balaban J connectivity index is 2.02. The number of amides is 1. The molecule has 0 saturated heterocycles. The largest absolute Gasteiger partial charge is 0.322 e. The number of aryl methyl sites for hydroxylation is 1. The average molecular weight is 313 g/mol. The highest BCUT2D eigenvalue weighted by Gasteiger charge is 2.16. The van der Waals surface area contributed by atoms with Crippen molar-refractivity contribution in [1.82, 2.24) is 0 Å². The molecule has 3 heteroatoms. The lowest BCUT2D eigenvalue weighted by molar-refractivity contribution is 0.102. The summed E-state index contributed by atoms with van der Waals surface area (Å²) in [6.07, 6.45) is 1.11. The van der Waals surface area contributed by atoms with Gasteiger partial charge in [-0.05, 0) is 49.7 Å². The van der Waals surface area contributed by atoms with Crippen molar-refractivity contribution in [3.8, 4) is 0 Å². The second-order valence-corrected chi connectivity index (χ2v) is 7.84. The first-order valence-corrected chi connectivity index (χ1v) is 8.38. The van der Waals surface area contributed by atoms with Crippen molar-refractivity contribution in [3.63, 3.8) is 0 Å². The molecule has 116 valence electrons. The summed E-state index contributed by atoms with van der Waals surface area (Å²) in [7, 11) is 0. The normalized spacial score (nSPS) is 11.3. The molecule has 0 aliphatic rings. The number of carbonyl (C=O) groups excluding carboxylic acids is 1. The zero-order chi connectivity index (χ0) is 16.2. The predicted molar refractivity (Wildman–Crippen MR) is 95.8 cm³/mol. The third-order valence-electron chi connectivity index (χ3n) is 3.67. The van der Waals surface area contributed by atoms with Crippen LogP contribution in [0.15, 0.2) is 53.4 Å². The molecule has 2 rings (SSSR count). The fourth-order valence-electron chi connectivity index (χ4n) is 1.91. The van der Waals surface area contributed by atoms with E-state index >= 15 is 0 Å². The number of benzene rings is 2. The highest BCUT2D eigenvalue weighted by atomic mass is 32.2. The van der Waals surface area contributed by atoms with Gasteiger partial charge in [-0.1, -0.05) is 38.5 Å². The van der Waals surface area contributed by atoms with Gasteiger partial charge in [0.2, 0.25) is 0 Å². The van der Waals surface area contributed by atoms with Crippen LogP contribution in [0.5, 0.6) is 0 Å². The lowest BCUT2D eigenvalue weighted by Crippen LogP contribution is -2.12. The smallest absolute Gasteiger partial charge is 0.255 e. The zero-order valence-corrected chi connectivity index (χ0v) is 14.5. The maximum absolute atomic E-state index is 12.2. The molecule has 0 unspecified atom stereocenters. The zero-order valence-electron chi connectivity index (χ0n) is 13.6. The lowest BCUT2D eigenvalue weighted by atomic mass is 10.1. The van der Waals surface area contributed by atoms with Gasteiger partial charge in [-0.25, -0.2) is 0 Å². The SMILES string of the molecule is CCC(C)(C)Sc1ccc(NC(=O)c2ccc(C)cc2)cc1. The van der Waals surface area contributed by atoms with E-state index in [0.29, 0.717) is 5.56 Å². The maximum atomic E-state index is 12.2. The van der Waals surface area contributed by atoms with Gasteiger partial charge in [-0.2, -0.15) is 0 Å². The average Bonchev–Trinajstić information content (AvgIpc) is 2.49. The lowest BCUT2D eigenvalue weighted by Gasteiger charge is -2.21. The van der Waals surface area contributed by atoms with Crippen LogP contribution in [-0.2, 0) is 0 Å².